The summed E-state index contributed by atoms with van der Waals surface area (Å²) in [4.78, 5) is 0. The van der Waals surface area contributed by atoms with Gasteiger partial charge in [-0.3, -0.25) is 0 Å². The van der Waals surface area contributed by atoms with Crippen molar-refractivity contribution < 1.29 is 9.84 Å². The second-order valence-corrected chi connectivity index (χ2v) is 5.84. The maximum atomic E-state index is 10.1. The fraction of sp³-hybridized carbons (Fsp3) is 0.600. The lowest BCUT2D eigenvalue weighted by molar-refractivity contribution is 0.0517. The van der Waals surface area contributed by atoms with Gasteiger partial charge in [-0.05, 0) is 61.3 Å². The zero-order chi connectivity index (χ0) is 13.1. The van der Waals surface area contributed by atoms with Crippen LogP contribution < -0.4 is 4.74 Å². The first-order valence-electron chi connectivity index (χ1n) is 6.60. The molecule has 1 aromatic carbocycles. The number of hydrogen-bond acceptors (Lipinski definition) is 2. The number of hydrogen-bond donors (Lipinski definition) is 1. The minimum absolute atomic E-state index is 0.190. The first-order valence-corrected chi connectivity index (χ1v) is 6.98. The van der Waals surface area contributed by atoms with E-state index >= 15 is 0 Å². The Kier molecular flexibility index (Phi) is 4.52. The van der Waals surface area contributed by atoms with Gasteiger partial charge in [0.2, 0.25) is 0 Å². The first-order chi connectivity index (χ1) is 8.60. The molecule has 0 radical (unpaired) electrons. The number of benzene rings is 1. The molecule has 100 valence electrons. The maximum absolute atomic E-state index is 10.1. The van der Waals surface area contributed by atoms with Gasteiger partial charge in [-0.25, -0.2) is 0 Å². The number of aliphatic hydroxyl groups is 1. The van der Waals surface area contributed by atoms with Gasteiger partial charge in [0.15, 0.2) is 0 Å². The van der Waals surface area contributed by atoms with Crippen molar-refractivity contribution in [3.63, 3.8) is 0 Å². The zero-order valence-electron chi connectivity index (χ0n) is 11.0. The van der Waals surface area contributed by atoms with Gasteiger partial charge in [-0.15, -0.1) is 0 Å². The largest absolute Gasteiger partial charge is 0.496 e. The van der Waals surface area contributed by atoms with E-state index in [1.165, 1.54) is 0 Å². The Bertz CT molecular complexity index is 405. The molecule has 0 heterocycles. The summed E-state index contributed by atoms with van der Waals surface area (Å²) in [7, 11) is 1.67. The van der Waals surface area contributed by atoms with Crippen molar-refractivity contribution in [2.24, 2.45) is 11.8 Å². The third kappa shape index (κ3) is 3.18. The van der Waals surface area contributed by atoms with Gasteiger partial charge in [0, 0.05) is 5.02 Å². The van der Waals surface area contributed by atoms with E-state index in [1.807, 2.05) is 18.2 Å². The number of methoxy groups -OCH3 is 1. The van der Waals surface area contributed by atoms with Crippen LogP contribution in [0.5, 0.6) is 5.75 Å². The first kappa shape index (κ1) is 13.7. The summed E-state index contributed by atoms with van der Waals surface area (Å²) in [6.07, 6.45) is 3.77. The van der Waals surface area contributed by atoms with Crippen molar-refractivity contribution in [1.82, 2.24) is 0 Å². The molecular formula is C15H21ClO2. The van der Waals surface area contributed by atoms with Crippen molar-refractivity contribution in [2.45, 2.75) is 38.7 Å². The molecule has 0 aliphatic heterocycles. The SMILES string of the molecule is COc1ccc(Cl)cc1CC1CC(C)CCC1O. The lowest BCUT2D eigenvalue weighted by atomic mass is 9.77. The number of halogens is 1. The molecule has 3 atom stereocenters. The minimum Gasteiger partial charge on any atom is -0.496 e. The van der Waals surface area contributed by atoms with Gasteiger partial charge in [0.25, 0.3) is 0 Å². The van der Waals surface area contributed by atoms with E-state index in [0.29, 0.717) is 11.8 Å². The van der Waals surface area contributed by atoms with E-state index in [1.54, 1.807) is 7.11 Å². The summed E-state index contributed by atoms with van der Waals surface area (Å²) < 4.78 is 5.36. The molecule has 0 amide bonds. The molecular weight excluding hydrogens is 248 g/mol. The third-order valence-corrected chi connectivity index (χ3v) is 4.16. The Hall–Kier alpha value is -0.730. The summed E-state index contributed by atoms with van der Waals surface area (Å²) in [5, 5.41) is 10.8. The number of rotatable bonds is 3. The van der Waals surface area contributed by atoms with Crippen LogP contribution in [0.2, 0.25) is 5.02 Å². The molecule has 1 aliphatic carbocycles. The molecule has 0 saturated heterocycles. The monoisotopic (exact) mass is 268 g/mol. The van der Waals surface area contributed by atoms with Gasteiger partial charge in [-0.1, -0.05) is 18.5 Å². The minimum atomic E-state index is -0.190. The van der Waals surface area contributed by atoms with Gasteiger partial charge in [0.05, 0.1) is 13.2 Å². The lowest BCUT2D eigenvalue weighted by Crippen LogP contribution is -2.29. The van der Waals surface area contributed by atoms with E-state index in [2.05, 4.69) is 6.92 Å². The molecule has 1 aromatic rings. The maximum Gasteiger partial charge on any atom is 0.122 e. The van der Waals surface area contributed by atoms with Crippen LogP contribution in [0.3, 0.4) is 0 Å². The molecule has 2 rings (SSSR count). The third-order valence-electron chi connectivity index (χ3n) is 3.93. The van der Waals surface area contributed by atoms with E-state index in [0.717, 1.165) is 42.0 Å². The normalized spacial score (nSPS) is 28.1. The van der Waals surface area contributed by atoms with E-state index in [9.17, 15) is 5.11 Å². The van der Waals surface area contributed by atoms with Crippen LogP contribution in [0.1, 0.15) is 31.7 Å². The molecule has 3 unspecified atom stereocenters. The van der Waals surface area contributed by atoms with E-state index in [-0.39, 0.29) is 6.10 Å². The Balaban J connectivity index is 2.14. The van der Waals surface area contributed by atoms with Crippen LogP contribution in [0, 0.1) is 11.8 Å². The molecule has 2 nitrogen and oxygen atoms in total. The molecule has 1 fully saturated rings. The number of ether oxygens (including phenoxy) is 1. The topological polar surface area (TPSA) is 29.5 Å². The summed E-state index contributed by atoms with van der Waals surface area (Å²) in [6.45, 7) is 2.26. The van der Waals surface area contributed by atoms with Gasteiger partial charge < -0.3 is 9.84 Å². The average molecular weight is 269 g/mol. The van der Waals surface area contributed by atoms with Crippen molar-refractivity contribution in [1.29, 1.82) is 0 Å². The van der Waals surface area contributed by atoms with Crippen LogP contribution in [0.25, 0.3) is 0 Å². The Morgan fingerprint density at radius 2 is 2.17 bits per heavy atom. The standard InChI is InChI=1S/C15H21ClO2/c1-10-3-5-14(17)11(7-10)8-12-9-13(16)4-6-15(12)18-2/h4,6,9-11,14,17H,3,5,7-8H2,1-2H3. The predicted molar refractivity (Wildman–Crippen MR) is 74.2 cm³/mol. The molecule has 0 aromatic heterocycles. The molecule has 1 N–H and O–H groups in total. The lowest BCUT2D eigenvalue weighted by Gasteiger charge is -2.32. The predicted octanol–water partition coefficient (Wildman–Crippen LogP) is 3.69. The van der Waals surface area contributed by atoms with E-state index in [4.69, 9.17) is 16.3 Å². The summed E-state index contributed by atoms with van der Waals surface area (Å²) in [5.41, 5.74) is 1.10. The molecule has 3 heteroatoms. The highest BCUT2D eigenvalue weighted by Gasteiger charge is 2.27. The quantitative estimate of drug-likeness (QED) is 0.906. The second-order valence-electron chi connectivity index (χ2n) is 5.41. The Labute approximate surface area is 114 Å². The van der Waals surface area contributed by atoms with Crippen LogP contribution in [-0.4, -0.2) is 18.3 Å². The highest BCUT2D eigenvalue weighted by Crippen LogP contribution is 2.34. The fourth-order valence-electron chi connectivity index (χ4n) is 2.89. The van der Waals surface area contributed by atoms with Crippen molar-refractivity contribution in [3.05, 3.63) is 28.8 Å². The van der Waals surface area contributed by atoms with Crippen LogP contribution in [0.4, 0.5) is 0 Å². The highest BCUT2D eigenvalue weighted by atomic mass is 35.5. The highest BCUT2D eigenvalue weighted by molar-refractivity contribution is 6.30. The Morgan fingerprint density at radius 3 is 2.89 bits per heavy atom. The summed E-state index contributed by atoms with van der Waals surface area (Å²) in [6, 6.07) is 5.69. The van der Waals surface area contributed by atoms with Crippen molar-refractivity contribution in [2.75, 3.05) is 7.11 Å². The summed E-state index contributed by atoms with van der Waals surface area (Å²) >= 11 is 6.04. The molecule has 1 saturated carbocycles. The average Bonchev–Trinajstić information content (AvgIpc) is 2.34. The molecule has 0 spiro atoms. The summed E-state index contributed by atoms with van der Waals surface area (Å²) in [5.74, 6) is 1.88. The van der Waals surface area contributed by atoms with Gasteiger partial charge >= 0.3 is 0 Å². The number of aliphatic hydroxyl groups excluding tert-OH is 1. The zero-order valence-corrected chi connectivity index (χ0v) is 11.8. The molecule has 1 aliphatic rings. The smallest absolute Gasteiger partial charge is 0.122 e. The molecule has 18 heavy (non-hydrogen) atoms. The van der Waals surface area contributed by atoms with Crippen LogP contribution in [-0.2, 0) is 6.42 Å². The van der Waals surface area contributed by atoms with Gasteiger partial charge in [-0.2, -0.15) is 0 Å². The second kappa shape index (κ2) is 5.94. The fourth-order valence-corrected chi connectivity index (χ4v) is 3.09. The Morgan fingerprint density at radius 1 is 1.39 bits per heavy atom. The van der Waals surface area contributed by atoms with Crippen LogP contribution >= 0.6 is 11.6 Å². The van der Waals surface area contributed by atoms with Gasteiger partial charge in [0.1, 0.15) is 5.75 Å². The van der Waals surface area contributed by atoms with E-state index < -0.39 is 0 Å². The van der Waals surface area contributed by atoms with Crippen LogP contribution in [0.15, 0.2) is 18.2 Å². The molecule has 0 bridgehead atoms. The van der Waals surface area contributed by atoms with Crippen molar-refractivity contribution >= 4 is 11.6 Å². The van der Waals surface area contributed by atoms with Crippen molar-refractivity contribution in [3.8, 4) is 5.75 Å².